The average Bonchev–Trinajstić information content (AvgIpc) is 2.42. The van der Waals surface area contributed by atoms with Crippen molar-refractivity contribution < 1.29 is 7.48 Å². The molecule has 2 aliphatic carbocycles. The van der Waals surface area contributed by atoms with Crippen LogP contribution in [0.1, 0.15) is 9.67 Å². The minimum atomic E-state index is 0.351. The Labute approximate surface area is 81.1 Å². The van der Waals surface area contributed by atoms with Crippen molar-refractivity contribution in [2.45, 2.75) is 6.92 Å². The van der Waals surface area contributed by atoms with Crippen LogP contribution < -0.4 is 4.74 Å². The zero-order valence-corrected chi connectivity index (χ0v) is 7.50. The molecule has 0 saturated heterocycles. The molecule has 0 heterocycles. The van der Waals surface area contributed by atoms with Crippen LogP contribution in [0.15, 0.2) is 42.4 Å². The summed E-state index contributed by atoms with van der Waals surface area (Å²) in [6, 6.07) is 9.52. The zero-order chi connectivity index (χ0) is 10.8. The first kappa shape index (κ1) is 6.03. The lowest BCUT2D eigenvalue weighted by Crippen LogP contribution is -1.87. The summed E-state index contributed by atoms with van der Waals surface area (Å²) in [6.07, 6.45) is 0. The predicted molar refractivity (Wildman–Crippen MR) is 54.2 cm³/mol. The average molecular weight is 174 g/mol. The van der Waals surface area contributed by atoms with Crippen LogP contribution in [0.25, 0.3) is 11.1 Å². The highest BCUT2D eigenvalue weighted by atomic mass is 16.5. The van der Waals surface area contributed by atoms with Crippen molar-refractivity contribution in [3.05, 3.63) is 42.4 Å². The van der Waals surface area contributed by atoms with Gasteiger partial charge in [-0.2, -0.15) is 0 Å². The Hall–Kier alpha value is -1.50. The fourth-order valence-electron chi connectivity index (χ4n) is 1.33. The summed E-state index contributed by atoms with van der Waals surface area (Å²) in [5.74, 6) is 0.803. The maximum Gasteiger partial charge on any atom is 0.120 e. The largest absolute Gasteiger partial charge is 0.494 e. The normalized spacial score (nSPS) is 12.4. The Kier molecular flexibility index (Phi) is 1.61. The highest BCUT2D eigenvalue weighted by Crippen LogP contribution is 2.29. The van der Waals surface area contributed by atoms with E-state index in [9.17, 15) is 0 Å². The monoisotopic (exact) mass is 174 g/mol. The Morgan fingerprint density at radius 2 is 1.85 bits per heavy atom. The number of ether oxygens (including phenoxy) is 1. The van der Waals surface area contributed by atoms with E-state index >= 15 is 0 Å². The molecule has 0 fully saturated rings. The van der Waals surface area contributed by atoms with Gasteiger partial charge in [-0.05, 0) is 30.2 Å². The molecule has 0 radical (unpaired) electrons. The van der Waals surface area contributed by atoms with Gasteiger partial charge in [0, 0.05) is 0 Å². The summed E-state index contributed by atoms with van der Waals surface area (Å²) in [6.45, 7) is 2.56. The summed E-state index contributed by atoms with van der Waals surface area (Å²) in [4.78, 5) is 0. The van der Waals surface area contributed by atoms with E-state index in [2.05, 4.69) is 0 Å². The summed E-state index contributed by atoms with van der Waals surface area (Å²) in [7, 11) is 0. The number of fused-ring (bicyclic) bond motifs is 1. The van der Waals surface area contributed by atoms with Crippen LogP contribution >= 0.6 is 0 Å². The van der Waals surface area contributed by atoms with Gasteiger partial charge in [0.1, 0.15) is 5.75 Å². The van der Waals surface area contributed by atoms with Gasteiger partial charge in [0.05, 0.1) is 9.35 Å². The molecule has 0 spiro atoms. The van der Waals surface area contributed by atoms with E-state index in [0.29, 0.717) is 18.7 Å². The summed E-state index contributed by atoms with van der Waals surface area (Å²) >= 11 is 0. The molecule has 0 aliphatic heterocycles. The van der Waals surface area contributed by atoms with Crippen molar-refractivity contribution in [1.29, 1.82) is 0 Å². The molecule has 66 valence electrons. The molecule has 0 unspecified atom stereocenters. The molecule has 2 rings (SSSR count). The maximum atomic E-state index is 7.59. The van der Waals surface area contributed by atoms with Crippen LogP contribution in [-0.4, -0.2) is 6.61 Å². The van der Waals surface area contributed by atoms with Gasteiger partial charge in [0.15, 0.2) is 0 Å². The van der Waals surface area contributed by atoms with Gasteiger partial charge >= 0.3 is 0 Å². The predicted octanol–water partition coefficient (Wildman–Crippen LogP) is 3.19. The highest BCUT2D eigenvalue weighted by Gasteiger charge is 2.03. The molecule has 0 atom stereocenters. The third-order valence-electron chi connectivity index (χ3n) is 1.88. The fraction of sp³-hybridized carbons (Fsp3) is 0.167. The van der Waals surface area contributed by atoms with Crippen molar-refractivity contribution in [1.82, 2.24) is 0 Å². The van der Waals surface area contributed by atoms with Crippen LogP contribution in [0.5, 0.6) is 5.75 Å². The molecule has 0 amide bonds. The van der Waals surface area contributed by atoms with Crippen molar-refractivity contribution in [3.8, 4) is 16.9 Å². The molecule has 0 aromatic heterocycles. The Morgan fingerprint density at radius 1 is 1.23 bits per heavy atom. The van der Waals surface area contributed by atoms with Crippen molar-refractivity contribution in [2.24, 2.45) is 0 Å². The van der Waals surface area contributed by atoms with E-state index in [1.807, 2.05) is 19.1 Å². The second-order valence-corrected chi connectivity index (χ2v) is 2.80. The third kappa shape index (κ3) is 1.64. The van der Waals surface area contributed by atoms with Gasteiger partial charge in [-0.3, -0.25) is 0 Å². The summed E-state index contributed by atoms with van der Waals surface area (Å²) < 4.78 is 20.6. The second-order valence-electron chi connectivity index (χ2n) is 2.80. The molecule has 1 heteroatoms. The van der Waals surface area contributed by atoms with Gasteiger partial charge < -0.3 is 4.74 Å². The first-order valence-electron chi connectivity index (χ1n) is 5.34. The first-order chi connectivity index (χ1) is 7.19. The van der Waals surface area contributed by atoms with Crippen molar-refractivity contribution in [2.75, 3.05) is 6.61 Å². The van der Waals surface area contributed by atoms with E-state index in [1.165, 1.54) is 6.07 Å². The minimum Gasteiger partial charge on any atom is -0.494 e. The van der Waals surface area contributed by atoms with Crippen LogP contribution in [0, 0.1) is 0 Å². The Balaban J connectivity index is 2.54. The Morgan fingerprint density at radius 3 is 2.38 bits per heavy atom. The standard InChI is InChI=1S/C12H12O/c1-2-13-12-8-10-6-4-3-5-7-11(10)9-12/h3-9H,2H2,1H3/i4D,5D. The van der Waals surface area contributed by atoms with E-state index in [1.54, 1.807) is 12.1 Å². The topological polar surface area (TPSA) is 9.23 Å². The van der Waals surface area contributed by atoms with Crippen molar-refractivity contribution in [3.63, 3.8) is 0 Å². The van der Waals surface area contributed by atoms with E-state index in [4.69, 9.17) is 7.48 Å². The van der Waals surface area contributed by atoms with E-state index in [-0.39, 0.29) is 0 Å². The molecule has 0 aromatic carbocycles. The van der Waals surface area contributed by atoms with Gasteiger partial charge in [-0.1, -0.05) is 30.3 Å². The van der Waals surface area contributed by atoms with E-state index < -0.39 is 0 Å². The second kappa shape index (κ2) is 3.48. The SMILES string of the molecule is [2H]c1cc([2H])cc2cc(OCC)cc-2c1. The molecule has 0 aromatic rings. The number of hydrogen-bond acceptors (Lipinski definition) is 1. The maximum absolute atomic E-state index is 7.59. The van der Waals surface area contributed by atoms with E-state index in [0.717, 1.165) is 16.9 Å². The summed E-state index contributed by atoms with van der Waals surface area (Å²) in [5, 5.41) is 0. The van der Waals surface area contributed by atoms with Crippen LogP contribution in [0.4, 0.5) is 0 Å². The van der Waals surface area contributed by atoms with Gasteiger partial charge in [-0.25, -0.2) is 0 Å². The lowest BCUT2D eigenvalue weighted by Gasteiger charge is -1.95. The third-order valence-corrected chi connectivity index (χ3v) is 1.88. The molecule has 0 N–H and O–H groups in total. The molecular weight excluding hydrogens is 160 g/mol. The lowest BCUT2D eigenvalue weighted by atomic mass is 10.2. The Bertz CT molecular complexity index is 417. The van der Waals surface area contributed by atoms with Crippen LogP contribution in [0.3, 0.4) is 0 Å². The molecular formula is C12H12O. The molecule has 0 bridgehead atoms. The van der Waals surface area contributed by atoms with Crippen LogP contribution in [-0.2, 0) is 0 Å². The molecule has 13 heavy (non-hydrogen) atoms. The fourth-order valence-corrected chi connectivity index (χ4v) is 1.33. The van der Waals surface area contributed by atoms with Crippen LogP contribution in [0.2, 0.25) is 0 Å². The smallest absolute Gasteiger partial charge is 0.120 e. The number of hydrogen-bond donors (Lipinski definition) is 0. The molecule has 1 nitrogen and oxygen atoms in total. The van der Waals surface area contributed by atoms with Crippen molar-refractivity contribution >= 4 is 0 Å². The lowest BCUT2D eigenvalue weighted by molar-refractivity contribution is 0.341. The van der Waals surface area contributed by atoms with Gasteiger partial charge in [0.2, 0.25) is 0 Å². The van der Waals surface area contributed by atoms with Gasteiger partial charge in [0.25, 0.3) is 0 Å². The number of rotatable bonds is 2. The summed E-state index contributed by atoms with van der Waals surface area (Å²) in [5.41, 5.74) is 1.89. The zero-order valence-electron chi connectivity index (χ0n) is 9.50. The molecule has 2 aliphatic rings. The minimum absolute atomic E-state index is 0.351. The molecule has 0 saturated carbocycles. The quantitative estimate of drug-likeness (QED) is 0.679. The van der Waals surface area contributed by atoms with Gasteiger partial charge in [-0.15, -0.1) is 0 Å². The first-order valence-corrected chi connectivity index (χ1v) is 4.34. The highest BCUT2D eigenvalue weighted by molar-refractivity contribution is 5.69.